The van der Waals surface area contributed by atoms with Crippen LogP contribution in [-0.2, 0) is 11.2 Å². The summed E-state index contributed by atoms with van der Waals surface area (Å²) < 4.78 is 16.1. The summed E-state index contributed by atoms with van der Waals surface area (Å²) in [6.45, 7) is 0. The van der Waals surface area contributed by atoms with Gasteiger partial charge in [0.05, 0.1) is 19.8 Å². The van der Waals surface area contributed by atoms with Gasteiger partial charge in [-0.15, -0.1) is 0 Å². The molecular formula is C16H13NO5. The SMILES string of the molecule is COc1ccc(-c2nc(CC(=O)O)c(-c3ccco3)o2)cc1. The minimum absolute atomic E-state index is 0.240. The van der Waals surface area contributed by atoms with Gasteiger partial charge in [0.15, 0.2) is 11.5 Å². The Morgan fingerprint density at radius 2 is 2.05 bits per heavy atom. The molecule has 0 bridgehead atoms. The van der Waals surface area contributed by atoms with Crippen molar-refractivity contribution in [1.29, 1.82) is 0 Å². The lowest BCUT2D eigenvalue weighted by molar-refractivity contribution is -0.136. The molecule has 0 atom stereocenters. The van der Waals surface area contributed by atoms with Crippen molar-refractivity contribution in [2.24, 2.45) is 0 Å². The number of carbonyl (C=O) groups is 1. The molecule has 0 spiro atoms. The number of oxazole rings is 1. The van der Waals surface area contributed by atoms with Crippen LogP contribution in [0.25, 0.3) is 23.0 Å². The van der Waals surface area contributed by atoms with Crippen LogP contribution < -0.4 is 4.74 Å². The van der Waals surface area contributed by atoms with Gasteiger partial charge in [-0.2, -0.15) is 0 Å². The maximum Gasteiger partial charge on any atom is 0.309 e. The molecule has 0 radical (unpaired) electrons. The van der Waals surface area contributed by atoms with E-state index >= 15 is 0 Å². The normalized spacial score (nSPS) is 10.6. The Morgan fingerprint density at radius 3 is 2.64 bits per heavy atom. The van der Waals surface area contributed by atoms with Crippen molar-refractivity contribution in [3.05, 3.63) is 48.4 Å². The quantitative estimate of drug-likeness (QED) is 0.778. The van der Waals surface area contributed by atoms with Crippen molar-refractivity contribution < 1.29 is 23.5 Å². The Bertz CT molecular complexity index is 771. The number of carboxylic acids is 1. The average molecular weight is 299 g/mol. The molecule has 0 amide bonds. The zero-order valence-electron chi connectivity index (χ0n) is 11.8. The Morgan fingerprint density at radius 1 is 1.27 bits per heavy atom. The van der Waals surface area contributed by atoms with Gasteiger partial charge in [0.1, 0.15) is 11.4 Å². The third-order valence-electron chi connectivity index (χ3n) is 3.10. The molecule has 6 nitrogen and oxygen atoms in total. The van der Waals surface area contributed by atoms with Gasteiger partial charge < -0.3 is 18.7 Å². The Balaban J connectivity index is 2.03. The highest BCUT2D eigenvalue weighted by Crippen LogP contribution is 2.31. The van der Waals surface area contributed by atoms with Crippen molar-refractivity contribution in [3.8, 4) is 28.7 Å². The molecule has 0 aliphatic heterocycles. The number of hydrogen-bond acceptors (Lipinski definition) is 5. The third-order valence-corrected chi connectivity index (χ3v) is 3.10. The van der Waals surface area contributed by atoms with Crippen LogP contribution in [0.5, 0.6) is 5.75 Å². The Kier molecular flexibility index (Phi) is 3.65. The van der Waals surface area contributed by atoms with Gasteiger partial charge in [0.25, 0.3) is 0 Å². The molecular weight excluding hydrogens is 286 g/mol. The molecule has 2 aromatic heterocycles. The Labute approximate surface area is 126 Å². The maximum atomic E-state index is 11.0. The maximum absolute atomic E-state index is 11.0. The number of aromatic nitrogens is 1. The van der Waals surface area contributed by atoms with Crippen molar-refractivity contribution in [2.45, 2.75) is 6.42 Å². The smallest absolute Gasteiger partial charge is 0.309 e. The van der Waals surface area contributed by atoms with E-state index in [4.69, 9.17) is 18.7 Å². The van der Waals surface area contributed by atoms with Crippen LogP contribution in [0.15, 0.2) is 51.5 Å². The minimum atomic E-state index is -0.984. The summed E-state index contributed by atoms with van der Waals surface area (Å²) >= 11 is 0. The van der Waals surface area contributed by atoms with Crippen molar-refractivity contribution in [3.63, 3.8) is 0 Å². The van der Waals surface area contributed by atoms with Crippen LogP contribution in [0.1, 0.15) is 5.69 Å². The van der Waals surface area contributed by atoms with Gasteiger partial charge in [-0.3, -0.25) is 4.79 Å². The standard InChI is InChI=1S/C16H13NO5/c1-20-11-6-4-10(5-7-11)16-17-12(9-14(18)19)15(22-16)13-3-2-8-21-13/h2-8H,9H2,1H3,(H,18,19). The molecule has 6 heteroatoms. The lowest BCUT2D eigenvalue weighted by atomic mass is 10.2. The second kappa shape index (κ2) is 5.77. The van der Waals surface area contributed by atoms with E-state index in [0.717, 1.165) is 5.56 Å². The topological polar surface area (TPSA) is 85.7 Å². The molecule has 2 heterocycles. The van der Waals surface area contributed by atoms with Gasteiger partial charge in [0.2, 0.25) is 5.89 Å². The fourth-order valence-corrected chi connectivity index (χ4v) is 2.07. The number of carboxylic acid groups (broad SMARTS) is 1. The van der Waals surface area contributed by atoms with E-state index in [2.05, 4.69) is 4.98 Å². The van der Waals surface area contributed by atoms with Gasteiger partial charge in [-0.25, -0.2) is 4.98 Å². The largest absolute Gasteiger partial charge is 0.497 e. The summed E-state index contributed by atoms with van der Waals surface area (Å²) in [5, 5.41) is 9.01. The third kappa shape index (κ3) is 2.71. The highest BCUT2D eigenvalue weighted by Gasteiger charge is 2.20. The number of rotatable bonds is 5. The van der Waals surface area contributed by atoms with E-state index in [1.807, 2.05) is 0 Å². The van der Waals surface area contributed by atoms with Gasteiger partial charge in [-0.05, 0) is 36.4 Å². The van der Waals surface area contributed by atoms with Crippen molar-refractivity contribution in [2.75, 3.05) is 7.11 Å². The number of furan rings is 1. The molecule has 0 unspecified atom stereocenters. The first-order valence-electron chi connectivity index (χ1n) is 6.57. The molecule has 0 saturated carbocycles. The molecule has 22 heavy (non-hydrogen) atoms. The van der Waals surface area contributed by atoms with Gasteiger partial charge in [0, 0.05) is 5.56 Å². The molecule has 3 aromatic rings. The lowest BCUT2D eigenvalue weighted by Gasteiger charge is -1.99. The predicted molar refractivity (Wildman–Crippen MR) is 77.5 cm³/mol. The van der Waals surface area contributed by atoms with Gasteiger partial charge >= 0.3 is 5.97 Å². The number of hydrogen-bond donors (Lipinski definition) is 1. The average Bonchev–Trinajstić information content (AvgIpc) is 3.16. The zero-order valence-corrected chi connectivity index (χ0v) is 11.8. The van der Waals surface area contributed by atoms with Crippen molar-refractivity contribution in [1.82, 2.24) is 4.98 Å². The van der Waals surface area contributed by atoms with Crippen LogP contribution in [0, 0.1) is 0 Å². The van der Waals surface area contributed by atoms with Crippen LogP contribution in [-0.4, -0.2) is 23.2 Å². The molecule has 0 fully saturated rings. The fourth-order valence-electron chi connectivity index (χ4n) is 2.07. The number of nitrogens with zero attached hydrogens (tertiary/aromatic N) is 1. The molecule has 112 valence electrons. The van der Waals surface area contributed by atoms with E-state index in [0.29, 0.717) is 28.9 Å². The number of methoxy groups -OCH3 is 1. The highest BCUT2D eigenvalue weighted by molar-refractivity contribution is 5.73. The summed E-state index contributed by atoms with van der Waals surface area (Å²) in [6.07, 6.45) is 1.26. The second-order valence-corrected chi connectivity index (χ2v) is 4.57. The van der Waals surface area contributed by atoms with Crippen LogP contribution >= 0.6 is 0 Å². The van der Waals surface area contributed by atoms with E-state index in [1.165, 1.54) is 6.26 Å². The minimum Gasteiger partial charge on any atom is -0.497 e. The summed E-state index contributed by atoms with van der Waals surface area (Å²) in [7, 11) is 1.58. The first-order valence-corrected chi connectivity index (χ1v) is 6.57. The summed E-state index contributed by atoms with van der Waals surface area (Å²) in [5.41, 5.74) is 1.05. The summed E-state index contributed by atoms with van der Waals surface area (Å²) in [4.78, 5) is 15.3. The fraction of sp³-hybridized carbons (Fsp3) is 0.125. The van der Waals surface area contributed by atoms with E-state index in [-0.39, 0.29) is 6.42 Å². The van der Waals surface area contributed by atoms with E-state index < -0.39 is 5.97 Å². The first-order chi connectivity index (χ1) is 10.7. The molecule has 0 saturated heterocycles. The molecule has 0 aliphatic carbocycles. The van der Waals surface area contributed by atoms with Crippen molar-refractivity contribution >= 4 is 5.97 Å². The van der Waals surface area contributed by atoms with Crippen LogP contribution in [0.4, 0.5) is 0 Å². The second-order valence-electron chi connectivity index (χ2n) is 4.57. The van der Waals surface area contributed by atoms with Crippen LogP contribution in [0.3, 0.4) is 0 Å². The van der Waals surface area contributed by atoms with E-state index in [1.54, 1.807) is 43.5 Å². The number of aliphatic carboxylic acids is 1. The molecule has 1 aromatic carbocycles. The molecule has 3 rings (SSSR count). The highest BCUT2D eigenvalue weighted by atomic mass is 16.5. The van der Waals surface area contributed by atoms with E-state index in [9.17, 15) is 4.79 Å². The van der Waals surface area contributed by atoms with Gasteiger partial charge in [-0.1, -0.05) is 0 Å². The summed E-state index contributed by atoms with van der Waals surface area (Å²) in [6, 6.07) is 10.5. The molecule has 1 N–H and O–H groups in total. The lowest BCUT2D eigenvalue weighted by Crippen LogP contribution is -2.01. The first kappa shape index (κ1) is 13.9. The Hall–Kier alpha value is -3.02. The number of benzene rings is 1. The zero-order chi connectivity index (χ0) is 15.5. The monoisotopic (exact) mass is 299 g/mol. The van der Waals surface area contributed by atoms with Crippen LogP contribution in [0.2, 0.25) is 0 Å². The summed E-state index contributed by atoms with van der Waals surface area (Å²) in [5.74, 6) is 0.849. The number of ether oxygens (including phenoxy) is 1. The predicted octanol–water partition coefficient (Wildman–Crippen LogP) is 3.24. The molecule has 0 aliphatic rings.